The molecule has 2 aromatic heterocycles. The first-order chi connectivity index (χ1) is 14.0. The lowest BCUT2D eigenvalue weighted by Gasteiger charge is -2.30. The highest BCUT2D eigenvalue weighted by molar-refractivity contribution is 7.10. The van der Waals surface area contributed by atoms with Crippen LogP contribution in [0.25, 0.3) is 0 Å². The van der Waals surface area contributed by atoms with E-state index in [1.165, 1.54) is 11.3 Å². The largest absolute Gasteiger partial charge is 0.436 e. The van der Waals surface area contributed by atoms with Gasteiger partial charge in [-0.25, -0.2) is 14.8 Å². The van der Waals surface area contributed by atoms with Gasteiger partial charge in [-0.2, -0.15) is 10.5 Å². The van der Waals surface area contributed by atoms with Crippen molar-refractivity contribution in [3.63, 3.8) is 0 Å². The summed E-state index contributed by atoms with van der Waals surface area (Å²) in [5.74, 6) is 1.91. The number of piperidine rings is 1. The van der Waals surface area contributed by atoms with Crippen LogP contribution in [0.3, 0.4) is 0 Å². The Bertz CT molecular complexity index is 1010. The van der Waals surface area contributed by atoms with Gasteiger partial charge in [0.05, 0.1) is 5.01 Å². The Morgan fingerprint density at radius 3 is 2.72 bits per heavy atom. The van der Waals surface area contributed by atoms with Crippen molar-refractivity contribution in [1.29, 1.82) is 10.5 Å². The van der Waals surface area contributed by atoms with Crippen molar-refractivity contribution in [3.05, 3.63) is 27.5 Å². The molecule has 29 heavy (non-hydrogen) atoms. The number of ether oxygens (including phenoxy) is 1. The number of thiazole rings is 1. The minimum absolute atomic E-state index is 0.0106. The van der Waals surface area contributed by atoms with E-state index in [1.807, 2.05) is 0 Å². The van der Waals surface area contributed by atoms with E-state index in [9.17, 15) is 9.59 Å². The SMILES string of the molecule is C#CCOC(=O)N1CCC(c2nc(C(=O)Nc3nc(C#N)c(C#N)[nH]3)cs2)CC1. The zero-order valence-electron chi connectivity index (χ0n) is 15.1. The first kappa shape index (κ1) is 19.9. The normalized spacial score (nSPS) is 13.8. The maximum absolute atomic E-state index is 12.4. The van der Waals surface area contributed by atoms with Crippen LogP contribution in [0.15, 0.2) is 5.38 Å². The van der Waals surface area contributed by atoms with Gasteiger partial charge in [0.2, 0.25) is 5.95 Å². The van der Waals surface area contributed by atoms with Gasteiger partial charge in [-0.3, -0.25) is 10.1 Å². The van der Waals surface area contributed by atoms with Crippen molar-refractivity contribution in [2.24, 2.45) is 0 Å². The molecule has 0 radical (unpaired) electrons. The van der Waals surface area contributed by atoms with Crippen LogP contribution in [-0.4, -0.2) is 51.5 Å². The van der Waals surface area contributed by atoms with Crippen LogP contribution >= 0.6 is 11.3 Å². The Balaban J connectivity index is 1.58. The van der Waals surface area contributed by atoms with Gasteiger partial charge in [-0.15, -0.1) is 17.8 Å². The molecule has 0 atom stereocenters. The third-order valence-electron chi connectivity index (χ3n) is 4.29. The van der Waals surface area contributed by atoms with Gasteiger partial charge in [0.1, 0.15) is 17.8 Å². The highest BCUT2D eigenvalue weighted by atomic mass is 32.1. The second kappa shape index (κ2) is 8.87. The molecule has 1 fully saturated rings. The maximum Gasteiger partial charge on any atom is 0.410 e. The van der Waals surface area contributed by atoms with Gasteiger partial charge in [0.15, 0.2) is 18.0 Å². The van der Waals surface area contributed by atoms with Crippen LogP contribution in [0, 0.1) is 35.0 Å². The number of carbonyl (C=O) groups excluding carboxylic acids is 2. The van der Waals surface area contributed by atoms with E-state index < -0.39 is 12.0 Å². The maximum atomic E-state index is 12.4. The summed E-state index contributed by atoms with van der Waals surface area (Å²) in [6.45, 7) is 0.996. The van der Waals surface area contributed by atoms with Crippen molar-refractivity contribution in [2.45, 2.75) is 18.8 Å². The van der Waals surface area contributed by atoms with Gasteiger partial charge < -0.3 is 14.6 Å². The van der Waals surface area contributed by atoms with E-state index in [0.29, 0.717) is 25.9 Å². The summed E-state index contributed by atoms with van der Waals surface area (Å²) in [5.41, 5.74) is 0.109. The van der Waals surface area contributed by atoms with Crippen LogP contribution in [0.5, 0.6) is 0 Å². The Morgan fingerprint density at radius 1 is 1.34 bits per heavy atom. The number of nitrogens with zero attached hydrogens (tertiary/aromatic N) is 5. The molecule has 1 aliphatic heterocycles. The number of imidazole rings is 1. The predicted octanol–water partition coefficient (Wildman–Crippen LogP) is 1.81. The first-order valence-corrected chi connectivity index (χ1v) is 9.45. The molecule has 1 saturated heterocycles. The standard InChI is InChI=1S/C18H15N7O3S/c1-2-7-28-18(27)25-5-3-11(4-6-25)16-21-14(10-29-16)15(26)24-17-22-12(8-19)13(9-20)23-17/h1,10-11H,3-7H2,(H2,22,23,24,26). The number of amides is 2. The van der Waals surface area contributed by atoms with Gasteiger partial charge in [-0.1, -0.05) is 5.92 Å². The molecule has 2 N–H and O–H groups in total. The van der Waals surface area contributed by atoms with E-state index in [2.05, 4.69) is 26.2 Å². The summed E-state index contributed by atoms with van der Waals surface area (Å²) in [6.07, 6.45) is 6.07. The van der Waals surface area contributed by atoms with Gasteiger partial charge in [0.25, 0.3) is 5.91 Å². The molecule has 0 bridgehead atoms. The summed E-state index contributed by atoms with van der Waals surface area (Å²) in [5, 5.41) is 22.8. The van der Waals surface area contributed by atoms with E-state index in [4.69, 9.17) is 21.7 Å². The number of nitriles is 2. The number of nitrogens with one attached hydrogen (secondary N) is 2. The zero-order valence-corrected chi connectivity index (χ0v) is 16.0. The van der Waals surface area contributed by atoms with Gasteiger partial charge in [0, 0.05) is 24.4 Å². The molecule has 11 heteroatoms. The molecule has 2 amide bonds. The lowest BCUT2D eigenvalue weighted by Crippen LogP contribution is -2.38. The molecule has 3 rings (SSSR count). The quantitative estimate of drug-likeness (QED) is 0.732. The minimum Gasteiger partial charge on any atom is -0.436 e. The molecule has 0 spiro atoms. The van der Waals surface area contributed by atoms with Gasteiger partial charge >= 0.3 is 6.09 Å². The fourth-order valence-corrected chi connectivity index (χ4v) is 3.82. The number of hydrogen-bond donors (Lipinski definition) is 2. The fourth-order valence-electron chi connectivity index (χ4n) is 2.85. The number of rotatable bonds is 4. The average molecular weight is 409 g/mol. The molecule has 0 aromatic carbocycles. The van der Waals surface area contributed by atoms with Crippen LogP contribution in [0.1, 0.15) is 45.6 Å². The van der Waals surface area contributed by atoms with Crippen LogP contribution < -0.4 is 5.32 Å². The number of H-pyrrole nitrogens is 1. The summed E-state index contributed by atoms with van der Waals surface area (Å²) in [6, 6.07) is 3.57. The van der Waals surface area contributed by atoms with E-state index in [0.717, 1.165) is 5.01 Å². The monoisotopic (exact) mass is 409 g/mol. The topological polar surface area (TPSA) is 148 Å². The van der Waals surface area contributed by atoms with Crippen LogP contribution in [-0.2, 0) is 4.74 Å². The Labute approximate surface area is 170 Å². The number of hydrogen-bond acceptors (Lipinski definition) is 8. The number of terminal acetylenes is 1. The summed E-state index contributed by atoms with van der Waals surface area (Å²) < 4.78 is 4.93. The second-order valence-corrected chi connectivity index (χ2v) is 6.97. The fraction of sp³-hybridized carbons (Fsp3) is 0.333. The molecule has 10 nitrogen and oxygen atoms in total. The van der Waals surface area contributed by atoms with Crippen LogP contribution in [0.4, 0.5) is 10.7 Å². The average Bonchev–Trinajstić information content (AvgIpc) is 3.39. The lowest BCUT2D eigenvalue weighted by atomic mass is 9.98. The molecule has 1 aliphatic rings. The van der Waals surface area contributed by atoms with E-state index in [1.54, 1.807) is 22.4 Å². The molecule has 0 saturated carbocycles. The molecule has 146 valence electrons. The molecular formula is C18H15N7O3S. The predicted molar refractivity (Wildman–Crippen MR) is 102 cm³/mol. The smallest absolute Gasteiger partial charge is 0.410 e. The second-order valence-electron chi connectivity index (χ2n) is 6.08. The highest BCUT2D eigenvalue weighted by Gasteiger charge is 2.27. The number of anilines is 1. The van der Waals surface area contributed by atoms with Crippen molar-refractivity contribution in [2.75, 3.05) is 25.0 Å². The van der Waals surface area contributed by atoms with Crippen LogP contribution in [0.2, 0.25) is 0 Å². The first-order valence-electron chi connectivity index (χ1n) is 8.57. The Morgan fingerprint density at radius 2 is 2.10 bits per heavy atom. The van der Waals surface area contributed by atoms with E-state index in [-0.39, 0.29) is 35.6 Å². The molecule has 0 unspecified atom stereocenters. The Kier molecular flexibility index (Phi) is 6.08. The van der Waals surface area contributed by atoms with Crippen molar-refractivity contribution < 1.29 is 14.3 Å². The molecular weight excluding hydrogens is 394 g/mol. The molecule has 3 heterocycles. The molecule has 2 aromatic rings. The number of likely N-dealkylation sites (tertiary alicyclic amines) is 1. The zero-order chi connectivity index (χ0) is 20.8. The third kappa shape index (κ3) is 4.52. The van der Waals surface area contributed by atoms with E-state index >= 15 is 0 Å². The lowest BCUT2D eigenvalue weighted by molar-refractivity contribution is 0.102. The minimum atomic E-state index is -0.495. The highest BCUT2D eigenvalue weighted by Crippen LogP contribution is 2.30. The van der Waals surface area contributed by atoms with Crippen molar-refractivity contribution in [3.8, 4) is 24.5 Å². The number of aromatic amines is 1. The van der Waals surface area contributed by atoms with Crippen molar-refractivity contribution >= 4 is 29.3 Å². The third-order valence-corrected chi connectivity index (χ3v) is 5.30. The molecule has 0 aliphatic carbocycles. The van der Waals surface area contributed by atoms with Gasteiger partial charge in [-0.05, 0) is 12.8 Å². The summed E-state index contributed by atoms with van der Waals surface area (Å²) >= 11 is 1.37. The van der Waals surface area contributed by atoms with Crippen molar-refractivity contribution in [1.82, 2.24) is 19.9 Å². The number of aromatic nitrogens is 3. The Hall–Kier alpha value is -3.88. The number of carbonyl (C=O) groups is 2. The summed E-state index contributed by atoms with van der Waals surface area (Å²) in [4.78, 5) is 36.6. The summed E-state index contributed by atoms with van der Waals surface area (Å²) in [7, 11) is 0.